The summed E-state index contributed by atoms with van der Waals surface area (Å²) in [5.41, 5.74) is 0.716. The maximum absolute atomic E-state index is 11.9. The fourth-order valence-corrected chi connectivity index (χ4v) is 1.79. The van der Waals surface area contributed by atoms with Gasteiger partial charge in [0.25, 0.3) is 0 Å². The Bertz CT molecular complexity index is 549. The number of hydrogen-bond donors (Lipinski definition) is 2. The lowest BCUT2D eigenvalue weighted by Crippen LogP contribution is -2.94. The van der Waals surface area contributed by atoms with Crippen LogP contribution in [0.1, 0.15) is 25.8 Å². The highest BCUT2D eigenvalue weighted by atomic mass is 16.4. The molecule has 6 nitrogen and oxygen atoms in total. The molecule has 1 aromatic rings. The quantitative estimate of drug-likeness (QED) is 0.686. The number of quaternary nitrogens is 1. The van der Waals surface area contributed by atoms with E-state index in [4.69, 9.17) is 5.26 Å². The van der Waals surface area contributed by atoms with Gasteiger partial charge in [-0.2, -0.15) is 5.26 Å². The Balaban J connectivity index is 2.66. The molecule has 1 atom stereocenters. The zero-order valence-corrected chi connectivity index (χ0v) is 12.1. The van der Waals surface area contributed by atoms with Crippen LogP contribution < -0.4 is 15.7 Å². The molecular weight excluding hydrogens is 270 g/mol. The maximum Gasteiger partial charge on any atom is 0.230 e. The van der Waals surface area contributed by atoms with E-state index in [-0.39, 0.29) is 6.42 Å². The van der Waals surface area contributed by atoms with Gasteiger partial charge < -0.3 is 20.5 Å². The van der Waals surface area contributed by atoms with Gasteiger partial charge in [-0.05, 0) is 12.1 Å². The van der Waals surface area contributed by atoms with Gasteiger partial charge in [0.2, 0.25) is 5.91 Å². The topological polar surface area (TPSA) is 110 Å². The highest BCUT2D eigenvalue weighted by molar-refractivity contribution is 5.94. The second-order valence-corrected chi connectivity index (χ2v) is 5.20. The van der Waals surface area contributed by atoms with Gasteiger partial charge in [-0.1, -0.05) is 26.0 Å². The van der Waals surface area contributed by atoms with Crippen molar-refractivity contribution in [1.29, 1.82) is 5.26 Å². The minimum absolute atomic E-state index is 0.200. The largest absolute Gasteiger partial charge is 0.544 e. The summed E-state index contributed by atoms with van der Waals surface area (Å²) in [6.45, 7) is 4.53. The zero-order valence-electron chi connectivity index (χ0n) is 12.1. The van der Waals surface area contributed by atoms with E-state index in [2.05, 4.69) is 5.32 Å². The van der Waals surface area contributed by atoms with Crippen molar-refractivity contribution in [3.05, 3.63) is 29.8 Å². The molecule has 0 unspecified atom stereocenters. The average molecular weight is 289 g/mol. The number of nitrogens with one attached hydrogen (secondary N) is 1. The van der Waals surface area contributed by atoms with Crippen LogP contribution in [0.4, 0.5) is 5.69 Å². The number of nitriles is 1. The van der Waals surface area contributed by atoms with Crippen molar-refractivity contribution in [3.8, 4) is 6.07 Å². The van der Waals surface area contributed by atoms with Crippen LogP contribution in [0.5, 0.6) is 0 Å². The van der Waals surface area contributed by atoms with Crippen LogP contribution in [-0.4, -0.2) is 24.5 Å². The number of hydrogen-bond acceptors (Lipinski definition) is 4. The Morgan fingerprint density at radius 1 is 1.38 bits per heavy atom. The van der Waals surface area contributed by atoms with Gasteiger partial charge in [0.05, 0.1) is 30.2 Å². The lowest BCUT2D eigenvalue weighted by molar-refractivity contribution is -0.686. The third-order valence-corrected chi connectivity index (χ3v) is 2.92. The van der Waals surface area contributed by atoms with Crippen molar-refractivity contribution in [1.82, 2.24) is 0 Å². The molecular formula is C15H19N3O3. The first-order chi connectivity index (χ1) is 9.93. The van der Waals surface area contributed by atoms with Crippen molar-refractivity contribution in [2.24, 2.45) is 5.92 Å². The van der Waals surface area contributed by atoms with Crippen molar-refractivity contribution >= 4 is 17.6 Å². The predicted octanol–water partition coefficient (Wildman–Crippen LogP) is -0.775. The minimum Gasteiger partial charge on any atom is -0.544 e. The molecule has 112 valence electrons. The summed E-state index contributed by atoms with van der Waals surface area (Å²) in [5, 5.41) is 24.1. The van der Waals surface area contributed by atoms with Gasteiger partial charge in [-0.3, -0.25) is 4.79 Å². The smallest absolute Gasteiger partial charge is 0.230 e. The van der Waals surface area contributed by atoms with Crippen molar-refractivity contribution < 1.29 is 20.0 Å². The number of carbonyl (C=O) groups is 2. The van der Waals surface area contributed by atoms with E-state index < -0.39 is 17.9 Å². The van der Waals surface area contributed by atoms with Crippen LogP contribution in [0.2, 0.25) is 0 Å². The summed E-state index contributed by atoms with van der Waals surface area (Å²) >= 11 is 0. The summed E-state index contributed by atoms with van der Waals surface area (Å²) in [6.07, 6.45) is -0.200. The molecule has 1 rings (SSSR count). The SMILES string of the molecule is CC(C)C[NH2+][C@H](CC(=O)Nc1ccccc1C#N)C(=O)[O-]. The molecule has 21 heavy (non-hydrogen) atoms. The summed E-state index contributed by atoms with van der Waals surface area (Å²) < 4.78 is 0. The Morgan fingerprint density at radius 2 is 2.05 bits per heavy atom. The molecule has 6 heteroatoms. The molecule has 0 aromatic heterocycles. The first kappa shape index (κ1) is 16.7. The van der Waals surface area contributed by atoms with E-state index in [1.807, 2.05) is 19.9 Å². The Labute approximate surface area is 123 Å². The molecule has 0 heterocycles. The monoisotopic (exact) mass is 289 g/mol. The molecule has 0 spiro atoms. The number of rotatable bonds is 7. The third-order valence-electron chi connectivity index (χ3n) is 2.92. The van der Waals surface area contributed by atoms with E-state index in [1.165, 1.54) is 0 Å². The van der Waals surface area contributed by atoms with Gasteiger partial charge in [0.15, 0.2) is 0 Å². The molecule has 0 aliphatic heterocycles. The van der Waals surface area contributed by atoms with Crippen molar-refractivity contribution in [2.75, 3.05) is 11.9 Å². The van der Waals surface area contributed by atoms with Crippen LogP contribution in [0.3, 0.4) is 0 Å². The number of anilines is 1. The predicted molar refractivity (Wildman–Crippen MR) is 74.8 cm³/mol. The van der Waals surface area contributed by atoms with Gasteiger partial charge in [0, 0.05) is 5.92 Å². The molecule has 0 aliphatic carbocycles. The first-order valence-corrected chi connectivity index (χ1v) is 6.77. The summed E-state index contributed by atoms with van der Waals surface area (Å²) in [6, 6.07) is 7.60. The van der Waals surface area contributed by atoms with Crippen molar-refractivity contribution in [3.63, 3.8) is 0 Å². The number of nitrogens with two attached hydrogens (primary N) is 1. The molecule has 0 fully saturated rings. The lowest BCUT2D eigenvalue weighted by atomic mass is 10.1. The highest BCUT2D eigenvalue weighted by Gasteiger charge is 2.19. The number of carboxylic acids is 1. The molecule has 1 aromatic carbocycles. The molecule has 1 amide bonds. The lowest BCUT2D eigenvalue weighted by Gasteiger charge is -2.17. The number of aliphatic carboxylic acids is 1. The third kappa shape index (κ3) is 5.63. The van der Waals surface area contributed by atoms with Crippen LogP contribution >= 0.6 is 0 Å². The molecule has 0 radical (unpaired) electrons. The number of carbonyl (C=O) groups excluding carboxylic acids is 2. The van der Waals surface area contributed by atoms with Crippen LogP contribution in [-0.2, 0) is 9.59 Å². The van der Waals surface area contributed by atoms with Gasteiger partial charge in [-0.15, -0.1) is 0 Å². The number of amides is 1. The van der Waals surface area contributed by atoms with Gasteiger partial charge in [-0.25, -0.2) is 0 Å². The van der Waals surface area contributed by atoms with E-state index in [1.54, 1.807) is 29.6 Å². The summed E-state index contributed by atoms with van der Waals surface area (Å²) in [4.78, 5) is 23.0. The zero-order chi connectivity index (χ0) is 15.8. The summed E-state index contributed by atoms with van der Waals surface area (Å²) in [5.74, 6) is -1.40. The van der Waals surface area contributed by atoms with E-state index in [0.717, 1.165) is 0 Å². The number of carboxylic acid groups (broad SMARTS) is 1. The van der Waals surface area contributed by atoms with E-state index in [9.17, 15) is 14.7 Å². The molecule has 0 saturated heterocycles. The Morgan fingerprint density at radius 3 is 2.62 bits per heavy atom. The van der Waals surface area contributed by atoms with Crippen molar-refractivity contribution in [2.45, 2.75) is 26.3 Å². The molecule has 0 saturated carbocycles. The summed E-state index contributed by atoms with van der Waals surface area (Å²) in [7, 11) is 0. The highest BCUT2D eigenvalue weighted by Crippen LogP contribution is 2.13. The van der Waals surface area contributed by atoms with Crippen LogP contribution in [0, 0.1) is 17.2 Å². The fourth-order valence-electron chi connectivity index (χ4n) is 1.79. The van der Waals surface area contributed by atoms with Crippen LogP contribution in [0.15, 0.2) is 24.3 Å². The van der Waals surface area contributed by atoms with E-state index >= 15 is 0 Å². The maximum atomic E-state index is 11.9. The van der Waals surface area contributed by atoms with Gasteiger partial charge >= 0.3 is 0 Å². The van der Waals surface area contributed by atoms with Crippen LogP contribution in [0.25, 0.3) is 0 Å². The van der Waals surface area contributed by atoms with Gasteiger partial charge in [0.1, 0.15) is 12.1 Å². The fraction of sp³-hybridized carbons (Fsp3) is 0.400. The second-order valence-electron chi connectivity index (χ2n) is 5.20. The Hall–Kier alpha value is -2.39. The van der Waals surface area contributed by atoms with E-state index in [0.29, 0.717) is 23.7 Å². The number of para-hydroxylation sites is 1. The first-order valence-electron chi connectivity index (χ1n) is 6.77. The number of nitrogens with zero attached hydrogens (tertiary/aromatic N) is 1. The molecule has 3 N–H and O–H groups in total. The standard InChI is InChI=1S/C15H19N3O3/c1-10(2)9-17-13(15(20)21)7-14(19)18-12-6-4-3-5-11(12)8-16/h3-6,10,13,17H,7,9H2,1-2H3,(H,18,19)(H,20,21)/t13-/m1/s1. The second kappa shape index (κ2) is 8.02. The average Bonchev–Trinajstić information content (AvgIpc) is 2.43. The molecule has 0 aliphatic rings. The number of benzene rings is 1. The normalized spacial score (nSPS) is 11.7. The minimum atomic E-state index is -1.26. The molecule has 0 bridgehead atoms. The Kier molecular flexibility index (Phi) is 6.37.